The van der Waals surface area contributed by atoms with E-state index in [4.69, 9.17) is 0 Å². The van der Waals surface area contributed by atoms with E-state index in [1.807, 2.05) is 35.7 Å². The quantitative estimate of drug-likeness (QED) is 0.894. The van der Waals surface area contributed by atoms with Crippen molar-refractivity contribution in [3.05, 3.63) is 35.8 Å². The number of halogens is 2. The number of amides is 1. The molecule has 0 saturated carbocycles. The van der Waals surface area contributed by atoms with Crippen LogP contribution in [0.3, 0.4) is 0 Å². The first-order chi connectivity index (χ1) is 9.72. The number of imidazole rings is 1. The minimum Gasteiger partial charge on any atom is -0.350 e. The number of carbonyl (C=O) groups is 1. The van der Waals surface area contributed by atoms with Gasteiger partial charge < -0.3 is 15.0 Å². The van der Waals surface area contributed by atoms with Crippen molar-refractivity contribution < 1.29 is 4.79 Å². The van der Waals surface area contributed by atoms with Gasteiger partial charge in [-0.3, -0.25) is 4.79 Å². The maximum atomic E-state index is 11.9. The van der Waals surface area contributed by atoms with Crippen molar-refractivity contribution in [2.45, 2.75) is 38.8 Å². The van der Waals surface area contributed by atoms with E-state index in [-0.39, 0.29) is 30.7 Å². The van der Waals surface area contributed by atoms with Crippen molar-refractivity contribution >= 4 is 36.4 Å². The van der Waals surface area contributed by atoms with Gasteiger partial charge in [-0.05, 0) is 38.4 Å². The zero-order valence-electron chi connectivity index (χ0n) is 12.5. The van der Waals surface area contributed by atoms with Crippen molar-refractivity contribution in [2.24, 2.45) is 0 Å². The molecule has 1 atom stereocenters. The molecule has 1 unspecified atom stereocenters. The van der Waals surface area contributed by atoms with Crippen molar-refractivity contribution in [3.63, 3.8) is 0 Å². The first-order valence-corrected chi connectivity index (χ1v) is 7.16. The summed E-state index contributed by atoms with van der Waals surface area (Å²) in [5.41, 5.74) is 2.96. The molecule has 0 spiro atoms. The van der Waals surface area contributed by atoms with E-state index < -0.39 is 0 Å². The fraction of sp³-hybridized carbons (Fsp3) is 0.467. The molecule has 1 saturated heterocycles. The molecule has 3 rings (SSSR count). The van der Waals surface area contributed by atoms with E-state index in [0.717, 1.165) is 30.0 Å². The van der Waals surface area contributed by atoms with Crippen LogP contribution in [0.5, 0.6) is 0 Å². The van der Waals surface area contributed by atoms with Crippen LogP contribution >= 0.6 is 24.8 Å². The Morgan fingerprint density at radius 3 is 2.95 bits per heavy atom. The van der Waals surface area contributed by atoms with Gasteiger partial charge in [0.05, 0.1) is 12.2 Å². The second-order valence-corrected chi connectivity index (χ2v) is 5.40. The van der Waals surface area contributed by atoms with Crippen molar-refractivity contribution in [1.82, 2.24) is 20.0 Å². The monoisotopic (exact) mass is 344 g/mol. The topological polar surface area (TPSA) is 58.4 Å². The molecule has 2 aromatic rings. The summed E-state index contributed by atoms with van der Waals surface area (Å²) in [6.45, 7) is 3.57. The zero-order valence-corrected chi connectivity index (χ0v) is 14.2. The Hall–Kier alpha value is -1.30. The van der Waals surface area contributed by atoms with Gasteiger partial charge in [-0.25, -0.2) is 4.98 Å². The first-order valence-electron chi connectivity index (χ1n) is 7.16. The normalized spacial score (nSPS) is 16.9. The predicted molar refractivity (Wildman–Crippen MR) is 91.9 cm³/mol. The lowest BCUT2D eigenvalue weighted by Gasteiger charge is -2.09. The Morgan fingerprint density at radius 2 is 2.27 bits per heavy atom. The Labute approximate surface area is 142 Å². The van der Waals surface area contributed by atoms with E-state index in [2.05, 4.69) is 15.6 Å². The van der Waals surface area contributed by atoms with Crippen LogP contribution in [-0.4, -0.2) is 27.9 Å². The van der Waals surface area contributed by atoms with Crippen molar-refractivity contribution in [1.29, 1.82) is 0 Å². The molecule has 1 aliphatic rings. The number of carbonyl (C=O) groups excluding carboxylic acids is 1. The van der Waals surface area contributed by atoms with Gasteiger partial charge in [0.15, 0.2) is 0 Å². The maximum Gasteiger partial charge on any atom is 0.221 e. The standard InChI is InChI=1S/C15H20N4O.2ClH/c1-11-4-2-6-14-18-13(10-19(11)14)9-17-15(20)8-12-5-3-7-16-12;;/h2,4,6,10,12,16H,3,5,7-9H2,1H3,(H,17,20);2*1H. The molecule has 1 amide bonds. The summed E-state index contributed by atoms with van der Waals surface area (Å²) in [6.07, 6.45) is 4.82. The number of aryl methyl sites for hydroxylation is 1. The van der Waals surface area contributed by atoms with Crippen LogP contribution < -0.4 is 10.6 Å². The highest BCUT2D eigenvalue weighted by Crippen LogP contribution is 2.10. The highest BCUT2D eigenvalue weighted by molar-refractivity contribution is 5.85. The van der Waals surface area contributed by atoms with Gasteiger partial charge in [-0.15, -0.1) is 24.8 Å². The van der Waals surface area contributed by atoms with Crippen LogP contribution in [0.1, 0.15) is 30.7 Å². The molecule has 22 heavy (non-hydrogen) atoms. The lowest BCUT2D eigenvalue weighted by atomic mass is 10.1. The number of rotatable bonds is 4. The van der Waals surface area contributed by atoms with Gasteiger partial charge >= 0.3 is 0 Å². The minimum atomic E-state index is 0. The summed E-state index contributed by atoms with van der Waals surface area (Å²) in [5, 5.41) is 6.29. The summed E-state index contributed by atoms with van der Waals surface area (Å²) in [5.74, 6) is 0.0955. The van der Waals surface area contributed by atoms with Gasteiger partial charge in [0, 0.05) is 24.4 Å². The Kier molecular flexibility index (Phi) is 7.13. The molecule has 2 aromatic heterocycles. The molecule has 1 aliphatic heterocycles. The Bertz CT molecular complexity index is 623. The smallest absolute Gasteiger partial charge is 0.221 e. The largest absolute Gasteiger partial charge is 0.350 e. The average molecular weight is 345 g/mol. The summed E-state index contributed by atoms with van der Waals surface area (Å²) in [6, 6.07) is 6.35. The molecule has 0 bridgehead atoms. The number of nitrogens with zero attached hydrogens (tertiary/aromatic N) is 2. The van der Waals surface area contributed by atoms with Gasteiger partial charge in [0.2, 0.25) is 5.91 Å². The van der Waals surface area contributed by atoms with E-state index in [9.17, 15) is 4.79 Å². The van der Waals surface area contributed by atoms with Crippen LogP contribution in [-0.2, 0) is 11.3 Å². The molecule has 0 aliphatic carbocycles. The van der Waals surface area contributed by atoms with Crippen LogP contribution in [0.25, 0.3) is 5.65 Å². The number of aromatic nitrogens is 2. The van der Waals surface area contributed by atoms with Crippen LogP contribution in [0.2, 0.25) is 0 Å². The number of hydrogen-bond acceptors (Lipinski definition) is 3. The second kappa shape index (κ2) is 8.36. The van der Waals surface area contributed by atoms with Gasteiger partial charge in [-0.2, -0.15) is 0 Å². The molecule has 122 valence electrons. The van der Waals surface area contributed by atoms with E-state index in [1.165, 1.54) is 6.42 Å². The molecule has 5 nitrogen and oxygen atoms in total. The van der Waals surface area contributed by atoms with Crippen LogP contribution in [0.4, 0.5) is 0 Å². The molecule has 0 aromatic carbocycles. The summed E-state index contributed by atoms with van der Waals surface area (Å²) < 4.78 is 2.04. The highest BCUT2D eigenvalue weighted by Gasteiger charge is 2.17. The van der Waals surface area contributed by atoms with E-state index in [0.29, 0.717) is 19.0 Å². The SMILES string of the molecule is Cc1cccc2nc(CNC(=O)CC3CCCN3)cn12.Cl.Cl. The molecule has 2 N–H and O–H groups in total. The minimum absolute atomic E-state index is 0. The molecule has 0 radical (unpaired) electrons. The number of fused-ring (bicyclic) bond motifs is 1. The van der Waals surface area contributed by atoms with Crippen LogP contribution in [0.15, 0.2) is 24.4 Å². The summed E-state index contributed by atoms with van der Waals surface area (Å²) >= 11 is 0. The molecule has 7 heteroatoms. The second-order valence-electron chi connectivity index (χ2n) is 5.40. The van der Waals surface area contributed by atoms with E-state index >= 15 is 0 Å². The van der Waals surface area contributed by atoms with Gasteiger partial charge in [0.1, 0.15) is 5.65 Å². The third-order valence-corrected chi connectivity index (χ3v) is 3.81. The number of hydrogen-bond donors (Lipinski definition) is 2. The summed E-state index contributed by atoms with van der Waals surface area (Å²) in [7, 11) is 0. The molecule has 1 fully saturated rings. The zero-order chi connectivity index (χ0) is 13.9. The highest BCUT2D eigenvalue weighted by atomic mass is 35.5. The average Bonchev–Trinajstić information content (AvgIpc) is 3.06. The lowest BCUT2D eigenvalue weighted by Crippen LogP contribution is -2.31. The lowest BCUT2D eigenvalue weighted by molar-refractivity contribution is -0.121. The predicted octanol–water partition coefficient (Wildman–Crippen LogP) is 2.24. The third kappa shape index (κ3) is 4.35. The van der Waals surface area contributed by atoms with Crippen molar-refractivity contribution in [2.75, 3.05) is 6.54 Å². The van der Waals surface area contributed by atoms with Crippen LogP contribution in [0, 0.1) is 6.92 Å². The van der Waals surface area contributed by atoms with Gasteiger partial charge in [-0.1, -0.05) is 6.07 Å². The fourth-order valence-electron chi connectivity index (χ4n) is 2.70. The fourth-order valence-corrected chi connectivity index (χ4v) is 2.70. The Morgan fingerprint density at radius 1 is 1.45 bits per heavy atom. The Balaban J connectivity index is 0.00000121. The molecular formula is C15H22Cl2N4O. The first kappa shape index (κ1) is 18.7. The third-order valence-electron chi connectivity index (χ3n) is 3.81. The summed E-state index contributed by atoms with van der Waals surface area (Å²) in [4.78, 5) is 16.4. The number of nitrogens with one attached hydrogen (secondary N) is 2. The maximum absolute atomic E-state index is 11.9. The molecule has 3 heterocycles. The molecular weight excluding hydrogens is 323 g/mol. The number of pyridine rings is 1. The van der Waals surface area contributed by atoms with Gasteiger partial charge in [0.25, 0.3) is 0 Å². The van der Waals surface area contributed by atoms with E-state index in [1.54, 1.807) is 0 Å². The van der Waals surface area contributed by atoms with Crippen molar-refractivity contribution in [3.8, 4) is 0 Å².